The highest BCUT2D eigenvalue weighted by atomic mass is 79.9. The first-order valence-corrected chi connectivity index (χ1v) is 5.68. The van der Waals surface area contributed by atoms with E-state index in [2.05, 4.69) is 45.4 Å². The van der Waals surface area contributed by atoms with Gasteiger partial charge in [0.1, 0.15) is 0 Å². The molecule has 0 N–H and O–H groups in total. The van der Waals surface area contributed by atoms with Crippen LogP contribution in [0.5, 0.6) is 0 Å². The molecular formula is C9H15Br2O. The van der Waals surface area contributed by atoms with Crippen molar-refractivity contribution in [3.05, 3.63) is 12.7 Å². The number of rotatable bonds is 5. The molecular weight excluding hydrogens is 284 g/mol. The van der Waals surface area contributed by atoms with Gasteiger partial charge in [-0.1, -0.05) is 44.9 Å². The SMILES string of the molecule is C=CCC(C)C(Br)C(C)(Br)C[O]. The largest absolute Gasteiger partial charge is 0.235 e. The first kappa shape index (κ1) is 12.7. The fourth-order valence-corrected chi connectivity index (χ4v) is 1.85. The molecule has 0 aromatic rings. The van der Waals surface area contributed by atoms with E-state index in [0.717, 1.165) is 6.42 Å². The molecule has 0 spiro atoms. The first-order valence-electron chi connectivity index (χ1n) is 3.97. The van der Waals surface area contributed by atoms with Gasteiger partial charge in [-0.25, -0.2) is 5.11 Å². The highest BCUT2D eigenvalue weighted by molar-refractivity contribution is 9.12. The molecule has 0 aliphatic heterocycles. The Labute approximate surface area is 91.5 Å². The van der Waals surface area contributed by atoms with E-state index in [1.807, 2.05) is 13.0 Å². The van der Waals surface area contributed by atoms with Gasteiger partial charge in [-0.15, -0.1) is 6.58 Å². The number of hydrogen-bond donors (Lipinski definition) is 0. The molecule has 0 saturated carbocycles. The highest BCUT2D eigenvalue weighted by Crippen LogP contribution is 2.33. The molecule has 0 aromatic carbocycles. The molecule has 0 aromatic heterocycles. The topological polar surface area (TPSA) is 19.9 Å². The van der Waals surface area contributed by atoms with Crippen molar-refractivity contribution in [2.75, 3.05) is 6.61 Å². The minimum absolute atomic E-state index is 0.121. The summed E-state index contributed by atoms with van der Waals surface area (Å²) in [6, 6.07) is 0. The van der Waals surface area contributed by atoms with Crippen LogP contribution in [-0.4, -0.2) is 15.8 Å². The van der Waals surface area contributed by atoms with Crippen molar-refractivity contribution in [1.82, 2.24) is 0 Å². The van der Waals surface area contributed by atoms with Gasteiger partial charge in [0.15, 0.2) is 0 Å². The second kappa shape index (κ2) is 5.40. The Hall–Kier alpha value is 0.660. The van der Waals surface area contributed by atoms with E-state index in [4.69, 9.17) is 0 Å². The lowest BCUT2D eigenvalue weighted by atomic mass is 9.95. The Kier molecular flexibility index (Phi) is 5.70. The van der Waals surface area contributed by atoms with Crippen molar-refractivity contribution in [1.29, 1.82) is 0 Å². The van der Waals surface area contributed by atoms with Crippen LogP contribution < -0.4 is 0 Å². The van der Waals surface area contributed by atoms with Crippen molar-refractivity contribution in [3.63, 3.8) is 0 Å². The average molecular weight is 299 g/mol. The number of hydrogen-bond acceptors (Lipinski definition) is 0. The molecule has 71 valence electrons. The van der Waals surface area contributed by atoms with Crippen molar-refractivity contribution >= 4 is 31.9 Å². The number of alkyl halides is 2. The predicted molar refractivity (Wildman–Crippen MR) is 59.6 cm³/mol. The van der Waals surface area contributed by atoms with Gasteiger partial charge in [-0.3, -0.25) is 0 Å². The van der Waals surface area contributed by atoms with E-state index in [-0.39, 0.29) is 15.8 Å². The maximum Gasteiger partial charge on any atom is 0.0983 e. The van der Waals surface area contributed by atoms with Crippen LogP contribution in [0.4, 0.5) is 0 Å². The van der Waals surface area contributed by atoms with Crippen LogP contribution in [0.1, 0.15) is 20.3 Å². The smallest absolute Gasteiger partial charge is 0.0983 e. The molecule has 0 amide bonds. The lowest BCUT2D eigenvalue weighted by Crippen LogP contribution is -2.36. The normalized spacial score (nSPS) is 21.1. The van der Waals surface area contributed by atoms with Crippen LogP contribution in [-0.2, 0) is 5.11 Å². The molecule has 0 fully saturated rings. The summed E-state index contributed by atoms with van der Waals surface area (Å²) in [5, 5.41) is 10.8. The minimum atomic E-state index is -0.352. The van der Waals surface area contributed by atoms with Gasteiger partial charge in [-0.05, 0) is 19.3 Å². The Morgan fingerprint density at radius 1 is 1.67 bits per heavy atom. The summed E-state index contributed by atoms with van der Waals surface area (Å²) in [7, 11) is 0. The molecule has 0 aliphatic rings. The van der Waals surface area contributed by atoms with Gasteiger partial charge in [0, 0.05) is 4.83 Å². The summed E-state index contributed by atoms with van der Waals surface area (Å²) in [5.41, 5.74) is 0. The molecule has 3 heteroatoms. The molecule has 3 atom stereocenters. The van der Waals surface area contributed by atoms with E-state index in [1.165, 1.54) is 0 Å². The Balaban J connectivity index is 4.16. The lowest BCUT2D eigenvalue weighted by molar-refractivity contribution is 0.161. The Bertz CT molecular complexity index is 145. The zero-order chi connectivity index (χ0) is 9.78. The van der Waals surface area contributed by atoms with Crippen LogP contribution in [0, 0.1) is 5.92 Å². The molecule has 12 heavy (non-hydrogen) atoms. The monoisotopic (exact) mass is 297 g/mol. The molecule has 0 rings (SSSR count). The zero-order valence-corrected chi connectivity index (χ0v) is 10.7. The first-order chi connectivity index (χ1) is 5.45. The van der Waals surface area contributed by atoms with Crippen LogP contribution in [0.25, 0.3) is 0 Å². The van der Waals surface area contributed by atoms with Crippen LogP contribution in [0.2, 0.25) is 0 Å². The van der Waals surface area contributed by atoms with E-state index in [0.29, 0.717) is 5.92 Å². The van der Waals surface area contributed by atoms with Gasteiger partial charge in [0.25, 0.3) is 0 Å². The van der Waals surface area contributed by atoms with Crippen molar-refractivity contribution in [2.45, 2.75) is 29.4 Å². The van der Waals surface area contributed by atoms with Gasteiger partial charge in [-0.2, -0.15) is 0 Å². The van der Waals surface area contributed by atoms with Crippen molar-refractivity contribution < 1.29 is 5.11 Å². The molecule has 0 bridgehead atoms. The number of allylic oxidation sites excluding steroid dienone is 1. The minimum Gasteiger partial charge on any atom is -0.235 e. The third-order valence-electron chi connectivity index (χ3n) is 1.90. The summed E-state index contributed by atoms with van der Waals surface area (Å²) >= 11 is 6.95. The van der Waals surface area contributed by atoms with Crippen LogP contribution in [0.3, 0.4) is 0 Å². The average Bonchev–Trinajstić information content (AvgIpc) is 2.03. The highest BCUT2D eigenvalue weighted by Gasteiger charge is 2.32. The summed E-state index contributed by atoms with van der Waals surface area (Å²) in [5.74, 6) is 0.431. The van der Waals surface area contributed by atoms with E-state index >= 15 is 0 Å². The van der Waals surface area contributed by atoms with Gasteiger partial charge < -0.3 is 0 Å². The van der Waals surface area contributed by atoms with Gasteiger partial charge in [0.05, 0.1) is 10.9 Å². The fourth-order valence-electron chi connectivity index (χ4n) is 1.06. The van der Waals surface area contributed by atoms with Crippen LogP contribution >= 0.6 is 31.9 Å². The molecule has 1 radical (unpaired) electrons. The molecule has 0 heterocycles. The number of halogens is 2. The van der Waals surface area contributed by atoms with Crippen molar-refractivity contribution in [2.24, 2.45) is 5.92 Å². The summed E-state index contributed by atoms with van der Waals surface area (Å²) in [6.07, 6.45) is 2.81. The van der Waals surface area contributed by atoms with E-state index in [1.54, 1.807) is 0 Å². The predicted octanol–water partition coefficient (Wildman–Crippen LogP) is 3.55. The summed E-state index contributed by atoms with van der Waals surface area (Å²) in [4.78, 5) is 0.195. The van der Waals surface area contributed by atoms with Crippen molar-refractivity contribution in [3.8, 4) is 0 Å². The summed E-state index contributed by atoms with van der Waals surface area (Å²) in [6.45, 7) is 7.58. The fraction of sp³-hybridized carbons (Fsp3) is 0.778. The van der Waals surface area contributed by atoms with Gasteiger partial charge in [0.2, 0.25) is 0 Å². The Morgan fingerprint density at radius 2 is 2.17 bits per heavy atom. The lowest BCUT2D eigenvalue weighted by Gasteiger charge is -2.29. The standard InChI is InChI=1S/C9H15Br2O/c1-4-5-7(2)8(10)9(3,11)6-12/h4,7-8H,1,5-6H2,2-3H3. The third-order valence-corrected chi connectivity index (χ3v) is 5.14. The second-order valence-electron chi connectivity index (χ2n) is 3.33. The second-order valence-corrected chi connectivity index (χ2v) is 6.12. The van der Waals surface area contributed by atoms with Gasteiger partial charge >= 0.3 is 0 Å². The summed E-state index contributed by atoms with van der Waals surface area (Å²) < 4.78 is -0.352. The third kappa shape index (κ3) is 3.58. The van der Waals surface area contributed by atoms with Crippen LogP contribution in [0.15, 0.2) is 12.7 Å². The maximum atomic E-state index is 10.8. The quantitative estimate of drug-likeness (QED) is 0.546. The Morgan fingerprint density at radius 3 is 2.50 bits per heavy atom. The maximum absolute atomic E-state index is 10.8. The molecule has 0 saturated heterocycles. The zero-order valence-electron chi connectivity index (χ0n) is 7.52. The molecule has 3 unspecified atom stereocenters. The molecule has 0 aliphatic carbocycles. The van der Waals surface area contributed by atoms with E-state index < -0.39 is 0 Å². The van der Waals surface area contributed by atoms with E-state index in [9.17, 15) is 5.11 Å². The molecule has 1 nitrogen and oxygen atoms in total.